The Morgan fingerprint density at radius 2 is 1.62 bits per heavy atom. The Balaban J connectivity index is 2.63. The van der Waals surface area contributed by atoms with Gasteiger partial charge in [0.1, 0.15) is 5.60 Å². The molecule has 1 unspecified atom stereocenters. The van der Waals surface area contributed by atoms with Gasteiger partial charge in [-0.25, -0.2) is 22.4 Å². The normalized spacial score (nSPS) is 11.3. The number of rotatable bonds is 5. The Morgan fingerprint density at radius 3 is 2.15 bits per heavy atom. The minimum atomic E-state index is -2.01. The summed E-state index contributed by atoms with van der Waals surface area (Å²) in [5.41, 5.74) is -1.44. The molecule has 0 radical (unpaired) electrons. The molecular weight excluding hydrogens is 375 g/mol. The van der Waals surface area contributed by atoms with Crippen LogP contribution in [0.1, 0.15) is 33.6 Å². The van der Waals surface area contributed by atoms with Gasteiger partial charge < -0.3 is 15.0 Å². The average Bonchev–Trinajstić information content (AvgIpc) is 2.53. The molecule has 2 amide bonds. The second-order valence-electron chi connectivity index (χ2n) is 6.60. The number of hydrogen-bond acceptors (Lipinski definition) is 3. The van der Waals surface area contributed by atoms with Crippen LogP contribution in [0.4, 0.5) is 28.0 Å². The maximum absolute atomic E-state index is 13.7. The van der Waals surface area contributed by atoms with E-state index in [0.29, 0.717) is 0 Å². The van der Waals surface area contributed by atoms with Gasteiger partial charge in [0.05, 0.1) is 5.69 Å². The van der Waals surface area contributed by atoms with E-state index in [1.54, 1.807) is 30.0 Å². The minimum Gasteiger partial charge on any atom is -0.444 e. The van der Waals surface area contributed by atoms with Crippen molar-refractivity contribution in [3.8, 4) is 0 Å². The van der Waals surface area contributed by atoms with Crippen LogP contribution in [0.2, 0.25) is 0 Å². The molecule has 146 valence electrons. The summed E-state index contributed by atoms with van der Waals surface area (Å²) < 4.78 is 58.6. The van der Waals surface area contributed by atoms with Gasteiger partial charge in [-0.2, -0.15) is 0 Å². The SMILES string of the molecule is CN(CCCC(=O)Nc1c(F)c(F)c(F)c(F)c1P)C(=O)OC(C)(C)C. The van der Waals surface area contributed by atoms with Crippen molar-refractivity contribution in [2.75, 3.05) is 18.9 Å². The lowest BCUT2D eigenvalue weighted by Gasteiger charge is -2.24. The third-order valence-electron chi connectivity index (χ3n) is 3.17. The number of benzene rings is 1. The maximum atomic E-state index is 13.7. The molecule has 1 atom stereocenters. The quantitative estimate of drug-likeness (QED) is 0.360. The van der Waals surface area contributed by atoms with Gasteiger partial charge in [0.15, 0.2) is 23.3 Å². The lowest BCUT2D eigenvalue weighted by Crippen LogP contribution is -2.35. The summed E-state index contributed by atoms with van der Waals surface area (Å²) in [5, 5.41) is 1.39. The maximum Gasteiger partial charge on any atom is 0.410 e. The first kappa shape index (κ1) is 22.2. The average molecular weight is 396 g/mol. The molecule has 10 heteroatoms. The number of nitrogens with zero attached hydrogens (tertiary/aromatic N) is 1. The zero-order valence-electron chi connectivity index (χ0n) is 14.9. The lowest BCUT2D eigenvalue weighted by molar-refractivity contribution is -0.116. The number of carbonyl (C=O) groups is 2. The van der Waals surface area contributed by atoms with E-state index < -0.39 is 51.9 Å². The fourth-order valence-electron chi connectivity index (χ4n) is 1.88. The first-order valence-corrected chi connectivity index (χ1v) is 8.28. The summed E-state index contributed by atoms with van der Waals surface area (Å²) >= 11 is 0. The van der Waals surface area contributed by atoms with Crippen molar-refractivity contribution in [1.29, 1.82) is 0 Å². The number of halogens is 4. The number of amides is 2. The van der Waals surface area contributed by atoms with Gasteiger partial charge in [-0.05, 0) is 27.2 Å². The van der Waals surface area contributed by atoms with Gasteiger partial charge >= 0.3 is 6.09 Å². The molecule has 0 aliphatic rings. The van der Waals surface area contributed by atoms with E-state index in [2.05, 4.69) is 0 Å². The van der Waals surface area contributed by atoms with E-state index in [4.69, 9.17) is 4.74 Å². The summed E-state index contributed by atoms with van der Waals surface area (Å²) in [6.45, 7) is 5.30. The topological polar surface area (TPSA) is 58.6 Å². The molecule has 0 heterocycles. The van der Waals surface area contributed by atoms with E-state index in [1.165, 1.54) is 11.9 Å². The summed E-state index contributed by atoms with van der Waals surface area (Å²) in [6.07, 6.45) is -0.530. The summed E-state index contributed by atoms with van der Waals surface area (Å²) in [5.74, 6) is -7.99. The van der Waals surface area contributed by atoms with Crippen LogP contribution in [0.25, 0.3) is 0 Å². The molecule has 0 aliphatic heterocycles. The van der Waals surface area contributed by atoms with Crippen LogP contribution in [0, 0.1) is 23.3 Å². The summed E-state index contributed by atoms with van der Waals surface area (Å²) in [6, 6.07) is 0. The molecule has 1 N–H and O–H groups in total. The van der Waals surface area contributed by atoms with Gasteiger partial charge in [0, 0.05) is 25.3 Å². The largest absolute Gasteiger partial charge is 0.444 e. The Labute approximate surface area is 151 Å². The van der Waals surface area contributed by atoms with Crippen molar-refractivity contribution in [3.63, 3.8) is 0 Å². The molecular formula is C16H21F4N2O3P. The fourth-order valence-corrected chi connectivity index (χ4v) is 2.21. The van der Waals surface area contributed by atoms with Gasteiger partial charge in [0.25, 0.3) is 0 Å². The highest BCUT2D eigenvalue weighted by Crippen LogP contribution is 2.23. The zero-order valence-corrected chi connectivity index (χ0v) is 16.0. The molecule has 26 heavy (non-hydrogen) atoms. The highest BCUT2D eigenvalue weighted by atomic mass is 31.0. The van der Waals surface area contributed by atoms with Crippen LogP contribution in [-0.4, -0.2) is 36.1 Å². The van der Waals surface area contributed by atoms with E-state index in [1.807, 2.05) is 5.32 Å². The van der Waals surface area contributed by atoms with Gasteiger partial charge in [-0.15, -0.1) is 0 Å². The third-order valence-corrected chi connectivity index (χ3v) is 3.71. The molecule has 0 fully saturated rings. The number of carbonyl (C=O) groups excluding carboxylic acids is 2. The van der Waals surface area contributed by atoms with Crippen LogP contribution in [-0.2, 0) is 9.53 Å². The van der Waals surface area contributed by atoms with Crippen LogP contribution in [0.15, 0.2) is 0 Å². The number of anilines is 1. The Kier molecular flexibility index (Phi) is 7.38. The molecule has 0 aromatic heterocycles. The molecule has 0 saturated heterocycles. The predicted octanol–water partition coefficient (Wildman–Crippen LogP) is 3.33. The summed E-state index contributed by atoms with van der Waals surface area (Å²) in [4.78, 5) is 24.9. The fraction of sp³-hybridized carbons (Fsp3) is 0.500. The van der Waals surface area contributed by atoms with E-state index in [0.717, 1.165) is 0 Å². The standard InChI is InChI=1S/C16H21F4N2O3P/c1-16(2,3)25-15(24)22(4)7-5-6-8(23)21-13-11(19)9(17)10(18)12(20)14(13)26/h5-7,26H2,1-4H3,(H,21,23). The Morgan fingerprint density at radius 1 is 1.08 bits per heavy atom. The molecule has 0 saturated carbocycles. The zero-order chi connectivity index (χ0) is 20.2. The first-order chi connectivity index (χ1) is 11.8. The molecule has 5 nitrogen and oxygen atoms in total. The minimum absolute atomic E-state index is 0.155. The van der Waals surface area contributed by atoms with Gasteiger partial charge in [-0.1, -0.05) is 9.24 Å². The van der Waals surface area contributed by atoms with Crippen molar-refractivity contribution < 1.29 is 31.9 Å². The van der Waals surface area contributed by atoms with E-state index >= 15 is 0 Å². The Bertz CT molecular complexity index is 679. The summed E-state index contributed by atoms with van der Waals surface area (Å²) in [7, 11) is 3.20. The highest BCUT2D eigenvalue weighted by molar-refractivity contribution is 7.28. The van der Waals surface area contributed by atoms with Crippen molar-refractivity contribution in [2.24, 2.45) is 0 Å². The highest BCUT2D eigenvalue weighted by Gasteiger charge is 2.24. The van der Waals surface area contributed by atoms with E-state index in [-0.39, 0.29) is 19.4 Å². The molecule has 1 aromatic carbocycles. The number of ether oxygens (including phenoxy) is 1. The van der Waals surface area contributed by atoms with Crippen LogP contribution < -0.4 is 10.6 Å². The van der Waals surface area contributed by atoms with Crippen LogP contribution >= 0.6 is 9.24 Å². The smallest absolute Gasteiger partial charge is 0.410 e. The van der Waals surface area contributed by atoms with Crippen LogP contribution in [0.5, 0.6) is 0 Å². The van der Waals surface area contributed by atoms with Crippen molar-refractivity contribution >= 4 is 32.2 Å². The third kappa shape index (κ3) is 5.83. The molecule has 0 bridgehead atoms. The molecule has 0 spiro atoms. The number of nitrogens with one attached hydrogen (secondary N) is 1. The van der Waals surface area contributed by atoms with Crippen molar-refractivity contribution in [3.05, 3.63) is 23.3 Å². The van der Waals surface area contributed by atoms with Gasteiger partial charge in [0.2, 0.25) is 5.91 Å². The molecule has 0 aliphatic carbocycles. The van der Waals surface area contributed by atoms with Crippen LogP contribution in [0.3, 0.4) is 0 Å². The molecule has 1 rings (SSSR count). The van der Waals surface area contributed by atoms with Gasteiger partial charge in [-0.3, -0.25) is 4.79 Å². The second-order valence-corrected chi connectivity index (χ2v) is 7.18. The lowest BCUT2D eigenvalue weighted by atomic mass is 10.2. The molecule has 1 aromatic rings. The Hall–Kier alpha value is -1.89. The first-order valence-electron chi connectivity index (χ1n) is 7.70. The second kappa shape index (κ2) is 8.66. The number of hydrogen-bond donors (Lipinski definition) is 1. The van der Waals surface area contributed by atoms with E-state index in [9.17, 15) is 27.2 Å². The predicted molar refractivity (Wildman–Crippen MR) is 92.3 cm³/mol. The van der Waals surface area contributed by atoms with Crippen molar-refractivity contribution in [1.82, 2.24) is 4.90 Å². The monoisotopic (exact) mass is 396 g/mol. The van der Waals surface area contributed by atoms with Crippen molar-refractivity contribution in [2.45, 2.75) is 39.2 Å².